The fourth-order valence-corrected chi connectivity index (χ4v) is 1.25. The number of hydrogen-bond donors (Lipinski definition) is 1. The molecule has 0 fully saturated rings. The molecule has 0 aromatic carbocycles. The Morgan fingerprint density at radius 3 is 2.83 bits per heavy atom. The van der Waals surface area contributed by atoms with Crippen molar-refractivity contribution < 1.29 is 5.21 Å². The molecule has 0 saturated carbocycles. The van der Waals surface area contributed by atoms with Crippen LogP contribution in [0.25, 0.3) is 11.2 Å². The van der Waals surface area contributed by atoms with Crippen LogP contribution in [0, 0.1) is 0 Å². The number of rotatable bonds is 0. The minimum atomic E-state index is -0.0247. The van der Waals surface area contributed by atoms with Gasteiger partial charge in [-0.3, -0.25) is 0 Å². The second-order valence-corrected chi connectivity index (χ2v) is 2.74. The average Bonchev–Trinajstić information content (AvgIpc) is 2.33. The first-order valence-electron chi connectivity index (χ1n) is 2.94. The topological polar surface area (TPSA) is 63.8 Å². The number of nitrogens with zero attached hydrogens (tertiary/aromatic N) is 4. The molecule has 0 atom stereocenters. The highest BCUT2D eigenvalue weighted by Gasteiger charge is 2.09. The summed E-state index contributed by atoms with van der Waals surface area (Å²) in [7, 11) is 0. The van der Waals surface area contributed by atoms with E-state index in [0.717, 1.165) is 4.73 Å². The van der Waals surface area contributed by atoms with E-state index in [1.54, 1.807) is 0 Å². The molecule has 1 N–H and O–H groups in total. The molecule has 0 unspecified atom stereocenters. The molecule has 12 heavy (non-hydrogen) atoms. The van der Waals surface area contributed by atoms with Crippen molar-refractivity contribution in [2.45, 2.75) is 0 Å². The number of aromatic nitrogens is 4. The van der Waals surface area contributed by atoms with Gasteiger partial charge in [0.2, 0.25) is 10.9 Å². The average molecular weight is 205 g/mol. The van der Waals surface area contributed by atoms with Crippen LogP contribution < -0.4 is 0 Å². The molecule has 2 heterocycles. The normalized spacial score (nSPS) is 10.8. The molecule has 0 aliphatic carbocycles. The fourth-order valence-electron chi connectivity index (χ4n) is 0.829. The molecule has 62 valence electrons. The first kappa shape index (κ1) is 7.57. The van der Waals surface area contributed by atoms with Crippen LogP contribution in [0.2, 0.25) is 10.4 Å². The summed E-state index contributed by atoms with van der Waals surface area (Å²) >= 11 is 11.1. The zero-order valence-electron chi connectivity index (χ0n) is 5.57. The van der Waals surface area contributed by atoms with E-state index in [4.69, 9.17) is 28.4 Å². The van der Waals surface area contributed by atoms with Crippen molar-refractivity contribution in [1.82, 2.24) is 19.7 Å². The monoisotopic (exact) mass is 204 g/mol. The molecule has 0 aliphatic rings. The summed E-state index contributed by atoms with van der Waals surface area (Å²) in [6, 6.07) is 0. The number of imidazole rings is 1. The van der Waals surface area contributed by atoms with Crippen LogP contribution in [0.1, 0.15) is 0 Å². The van der Waals surface area contributed by atoms with Crippen LogP contribution in [0.5, 0.6) is 0 Å². The number of fused-ring (bicyclic) bond motifs is 1. The maximum Gasteiger partial charge on any atom is 0.226 e. The molecule has 0 spiro atoms. The Labute approximate surface area is 76.5 Å². The van der Waals surface area contributed by atoms with Gasteiger partial charge in [0.25, 0.3) is 0 Å². The van der Waals surface area contributed by atoms with Crippen molar-refractivity contribution in [3.63, 3.8) is 0 Å². The van der Waals surface area contributed by atoms with Crippen molar-refractivity contribution in [2.75, 3.05) is 0 Å². The summed E-state index contributed by atoms with van der Waals surface area (Å²) in [4.78, 5) is 11.1. The Hall–Kier alpha value is -1.07. The second-order valence-electron chi connectivity index (χ2n) is 2.04. The molecule has 0 bridgehead atoms. The van der Waals surface area contributed by atoms with Crippen LogP contribution in [-0.2, 0) is 0 Å². The van der Waals surface area contributed by atoms with Crippen molar-refractivity contribution >= 4 is 34.4 Å². The minimum Gasteiger partial charge on any atom is -0.425 e. The van der Waals surface area contributed by atoms with Gasteiger partial charge >= 0.3 is 0 Å². The smallest absolute Gasteiger partial charge is 0.226 e. The second kappa shape index (κ2) is 2.46. The zero-order valence-corrected chi connectivity index (χ0v) is 7.08. The van der Waals surface area contributed by atoms with Gasteiger partial charge in [0.15, 0.2) is 5.15 Å². The SMILES string of the molecule is On1cnc2c(Cl)nc(Cl)nc21. The summed E-state index contributed by atoms with van der Waals surface area (Å²) in [5.41, 5.74) is 0.517. The summed E-state index contributed by atoms with van der Waals surface area (Å²) in [6.45, 7) is 0. The lowest BCUT2D eigenvalue weighted by molar-refractivity contribution is 0.196. The van der Waals surface area contributed by atoms with Gasteiger partial charge in [0.1, 0.15) is 11.8 Å². The fraction of sp³-hybridized carbons (Fsp3) is 0. The van der Waals surface area contributed by atoms with Gasteiger partial charge in [-0.2, -0.15) is 9.71 Å². The Kier molecular flexibility index (Phi) is 1.55. The Morgan fingerprint density at radius 1 is 1.33 bits per heavy atom. The van der Waals surface area contributed by atoms with E-state index in [2.05, 4.69) is 15.0 Å². The third-order valence-corrected chi connectivity index (χ3v) is 1.74. The van der Waals surface area contributed by atoms with E-state index in [9.17, 15) is 0 Å². The van der Waals surface area contributed by atoms with Gasteiger partial charge in [-0.05, 0) is 11.6 Å². The number of halogens is 2. The summed E-state index contributed by atoms with van der Waals surface area (Å²) < 4.78 is 0.731. The molecule has 0 aliphatic heterocycles. The highest BCUT2D eigenvalue weighted by Crippen LogP contribution is 2.19. The van der Waals surface area contributed by atoms with Crippen LogP contribution in [0.15, 0.2) is 6.33 Å². The van der Waals surface area contributed by atoms with Gasteiger partial charge in [-0.15, -0.1) is 0 Å². The summed E-state index contributed by atoms with van der Waals surface area (Å²) in [5.74, 6) is 0. The highest BCUT2D eigenvalue weighted by atomic mass is 35.5. The van der Waals surface area contributed by atoms with Crippen molar-refractivity contribution in [3.05, 3.63) is 16.8 Å². The van der Waals surface area contributed by atoms with Crippen LogP contribution in [0.4, 0.5) is 0 Å². The van der Waals surface area contributed by atoms with Crippen LogP contribution in [-0.4, -0.2) is 24.9 Å². The third kappa shape index (κ3) is 0.981. The first-order chi connectivity index (χ1) is 5.68. The predicted octanol–water partition coefficient (Wildman–Crippen LogP) is 1.37. The standard InChI is InChI=1S/C5H2Cl2N4O/c6-3-2-4(10-5(7)9-3)11(12)1-8-2/h1,12H. The Balaban J connectivity index is 2.92. The van der Waals surface area contributed by atoms with Crippen molar-refractivity contribution in [3.8, 4) is 0 Å². The van der Waals surface area contributed by atoms with E-state index < -0.39 is 0 Å². The molecule has 2 aromatic rings. The molecule has 7 heteroatoms. The maximum absolute atomic E-state index is 9.11. The predicted molar refractivity (Wildman–Crippen MR) is 42.5 cm³/mol. The van der Waals surface area contributed by atoms with Crippen molar-refractivity contribution in [2.24, 2.45) is 0 Å². The van der Waals surface area contributed by atoms with Crippen LogP contribution >= 0.6 is 23.2 Å². The number of hydrogen-bond acceptors (Lipinski definition) is 4. The lowest BCUT2D eigenvalue weighted by Crippen LogP contribution is -1.91. The zero-order chi connectivity index (χ0) is 8.72. The van der Waals surface area contributed by atoms with Crippen molar-refractivity contribution in [1.29, 1.82) is 0 Å². The van der Waals surface area contributed by atoms with E-state index >= 15 is 0 Å². The highest BCUT2D eigenvalue weighted by molar-refractivity contribution is 6.35. The van der Waals surface area contributed by atoms with E-state index in [0.29, 0.717) is 5.52 Å². The largest absolute Gasteiger partial charge is 0.425 e. The Bertz CT molecular complexity index is 440. The molecular formula is C5H2Cl2N4O. The first-order valence-corrected chi connectivity index (χ1v) is 3.69. The van der Waals surface area contributed by atoms with Gasteiger partial charge in [0.05, 0.1) is 0 Å². The Morgan fingerprint density at radius 2 is 2.08 bits per heavy atom. The molecule has 0 saturated heterocycles. The van der Waals surface area contributed by atoms with E-state index in [1.807, 2.05) is 0 Å². The minimum absolute atomic E-state index is 0.0247. The third-order valence-electron chi connectivity index (χ3n) is 1.31. The molecule has 0 radical (unpaired) electrons. The van der Waals surface area contributed by atoms with Gasteiger partial charge in [0, 0.05) is 0 Å². The van der Waals surface area contributed by atoms with E-state index in [-0.39, 0.29) is 16.1 Å². The molecule has 2 rings (SSSR count). The van der Waals surface area contributed by atoms with Gasteiger partial charge < -0.3 is 5.21 Å². The van der Waals surface area contributed by atoms with Gasteiger partial charge in [-0.25, -0.2) is 9.97 Å². The van der Waals surface area contributed by atoms with E-state index in [1.165, 1.54) is 6.33 Å². The lowest BCUT2D eigenvalue weighted by Gasteiger charge is -1.93. The maximum atomic E-state index is 9.11. The molecule has 2 aromatic heterocycles. The lowest BCUT2D eigenvalue weighted by atomic mass is 10.6. The molecule has 0 amide bonds. The van der Waals surface area contributed by atoms with Gasteiger partial charge in [-0.1, -0.05) is 11.6 Å². The molecular weight excluding hydrogens is 203 g/mol. The molecule has 5 nitrogen and oxygen atoms in total. The van der Waals surface area contributed by atoms with Crippen LogP contribution in [0.3, 0.4) is 0 Å². The quantitative estimate of drug-likeness (QED) is 0.400. The summed E-state index contributed by atoms with van der Waals surface area (Å²) in [5, 5.41) is 9.20. The summed E-state index contributed by atoms with van der Waals surface area (Å²) in [6.07, 6.45) is 1.17.